The third-order valence-electron chi connectivity index (χ3n) is 21.5. The maximum atomic E-state index is 2.65. The normalized spacial score (nSPS) is 13.5. The highest BCUT2D eigenvalue weighted by Gasteiger charge is 2.31. The van der Waals surface area contributed by atoms with Gasteiger partial charge in [0.25, 0.3) is 0 Å². The van der Waals surface area contributed by atoms with Gasteiger partial charge in [0.15, 0.2) is 0 Å². The first-order chi connectivity index (χ1) is 44.3. The molecule has 2 aliphatic rings. The van der Waals surface area contributed by atoms with Crippen molar-refractivity contribution in [3.63, 3.8) is 0 Å². The van der Waals surface area contributed by atoms with E-state index in [1.807, 2.05) is 0 Å². The van der Waals surface area contributed by atoms with Crippen LogP contribution in [0.2, 0.25) is 0 Å². The van der Waals surface area contributed by atoms with Gasteiger partial charge in [-0.1, -0.05) is 323 Å². The molecule has 0 radical (unpaired) electrons. The standard InChI is InChI=1S/C95H100/c1-54(2)57-39-58(41-62(40-57)89(3,4)5)83-69-31-27-28-32-70(69)84(61-46-67(94(18,19)20)51-68(47-61)95(21,22)23)88-75-38-36-71-76-52-79-80(53-77(76)72-35-37-74(87(83)88)86(75)85(71)72)82(60-44-65(92(12,13)14)50-66(45-60)93(15,16)17)78-48-56(55-29-25-24-26-30-55)33-34-73(78)81(79)59-42-63(90(6,7)8)49-64(43-59)91(9,10)11/h24-54H,1-23H3. The first-order valence-corrected chi connectivity index (χ1v) is 35.3. The molecule has 0 saturated heterocycles. The molecule has 0 amide bonds. The molecule has 14 rings (SSSR count). The SMILES string of the molecule is CC(C)c1cc(-c2c3c(c(-c4cc(C(C)(C)C)cc(C(C)(C)C)c4)c4ccccc24)=c2ccc4c5c(ccc=3c25)=c2cc3c(-c5cc(C(C)(C)C)cc(C(C)(C)C)c5)c5cc(-c6ccccc6)ccc5c(-c5cc(C(C)(C)C)cc(C(C)(C)C)c5)c3cc2=4)cc(C(C)(C)C)c1. The molecule has 0 saturated carbocycles. The summed E-state index contributed by atoms with van der Waals surface area (Å²) in [4.78, 5) is 0. The first-order valence-electron chi connectivity index (χ1n) is 35.3. The van der Waals surface area contributed by atoms with E-state index in [4.69, 9.17) is 0 Å². The zero-order valence-electron chi connectivity index (χ0n) is 61.4. The fourth-order valence-corrected chi connectivity index (χ4v) is 15.6. The van der Waals surface area contributed by atoms with E-state index in [-0.39, 0.29) is 37.9 Å². The summed E-state index contributed by atoms with van der Waals surface area (Å²) in [6, 6.07) is 73.5. The molecule has 0 spiro atoms. The van der Waals surface area contributed by atoms with E-state index in [0.29, 0.717) is 5.92 Å². The van der Waals surface area contributed by atoms with E-state index in [0.717, 1.165) is 0 Å². The summed E-state index contributed by atoms with van der Waals surface area (Å²) in [6.45, 7) is 54.7. The lowest BCUT2D eigenvalue weighted by Gasteiger charge is -2.28. The number of hydrogen-bond donors (Lipinski definition) is 0. The minimum atomic E-state index is -0.0900. The van der Waals surface area contributed by atoms with E-state index in [2.05, 4.69) is 341 Å². The Hall–Kier alpha value is -8.32. The largest absolute Gasteiger partial charge is 0.0622 e. The van der Waals surface area contributed by atoms with Gasteiger partial charge in [0.05, 0.1) is 0 Å². The monoisotopic (exact) mass is 1240 g/mol. The lowest BCUT2D eigenvalue weighted by atomic mass is 9.76. The first kappa shape index (κ1) is 64.0. The van der Waals surface area contributed by atoms with Gasteiger partial charge >= 0.3 is 0 Å². The van der Waals surface area contributed by atoms with Gasteiger partial charge in [0.1, 0.15) is 0 Å². The van der Waals surface area contributed by atoms with Crippen LogP contribution in [-0.2, 0) is 37.9 Å². The van der Waals surface area contributed by atoms with Crippen molar-refractivity contribution in [2.45, 2.75) is 203 Å². The van der Waals surface area contributed by atoms with Crippen LogP contribution in [0.15, 0.2) is 182 Å². The molecule has 0 aromatic heterocycles. The quantitative estimate of drug-likeness (QED) is 0.146. The second-order valence-corrected chi connectivity index (χ2v) is 36.1. The predicted octanol–water partition coefficient (Wildman–Crippen LogP) is 26.6. The molecule has 0 atom stereocenters. The molecule has 0 heterocycles. The van der Waals surface area contributed by atoms with Gasteiger partial charge in [0, 0.05) is 0 Å². The Morgan fingerprint density at radius 3 is 0.895 bits per heavy atom. The molecule has 0 unspecified atom stereocenters. The second kappa shape index (κ2) is 21.6. The zero-order valence-corrected chi connectivity index (χ0v) is 61.4. The summed E-state index contributed by atoms with van der Waals surface area (Å²) in [5.41, 5.74) is 23.2. The van der Waals surface area contributed by atoms with Crippen LogP contribution in [0.5, 0.6) is 0 Å². The van der Waals surface area contributed by atoms with Crippen LogP contribution in [0, 0.1) is 41.7 Å². The average Bonchev–Trinajstić information content (AvgIpc) is 1.54. The highest BCUT2D eigenvalue weighted by molar-refractivity contribution is 6.22. The summed E-state index contributed by atoms with van der Waals surface area (Å²) in [6.07, 6.45) is 0. The maximum absolute atomic E-state index is 2.65. The Morgan fingerprint density at radius 1 is 0.211 bits per heavy atom. The van der Waals surface area contributed by atoms with Gasteiger partial charge < -0.3 is 0 Å². The van der Waals surface area contributed by atoms with Crippen molar-refractivity contribution in [2.24, 2.45) is 0 Å². The van der Waals surface area contributed by atoms with Crippen LogP contribution in [0.3, 0.4) is 0 Å². The molecule has 0 aliphatic heterocycles. The third kappa shape index (κ3) is 10.8. The summed E-state index contributed by atoms with van der Waals surface area (Å²) in [7, 11) is 0. The Bertz CT molecular complexity index is 5580. The molecular weight excluding hydrogens is 1140 g/mol. The van der Waals surface area contributed by atoms with Crippen molar-refractivity contribution in [2.75, 3.05) is 0 Å². The van der Waals surface area contributed by atoms with Crippen molar-refractivity contribution < 1.29 is 0 Å². The van der Waals surface area contributed by atoms with Gasteiger partial charge in [-0.25, -0.2) is 0 Å². The van der Waals surface area contributed by atoms with E-state index in [1.54, 1.807) is 0 Å². The van der Waals surface area contributed by atoms with Gasteiger partial charge in [-0.05, 0) is 247 Å². The second-order valence-electron chi connectivity index (χ2n) is 36.1. The van der Waals surface area contributed by atoms with Crippen molar-refractivity contribution in [3.8, 4) is 55.6 Å². The van der Waals surface area contributed by atoms with Gasteiger partial charge in [-0.15, -0.1) is 0 Å². The van der Waals surface area contributed by atoms with Crippen molar-refractivity contribution in [1.29, 1.82) is 0 Å². The van der Waals surface area contributed by atoms with Crippen LogP contribution in [-0.4, -0.2) is 0 Å². The van der Waals surface area contributed by atoms with Crippen LogP contribution in [0.4, 0.5) is 0 Å². The molecule has 95 heavy (non-hydrogen) atoms. The van der Waals surface area contributed by atoms with Crippen LogP contribution in [0.25, 0.3) is 98.7 Å². The van der Waals surface area contributed by atoms with Crippen LogP contribution >= 0.6 is 0 Å². The number of benzene rings is 12. The molecule has 0 fully saturated rings. The summed E-state index contributed by atoms with van der Waals surface area (Å²) in [5.74, 6) is 0.356. The summed E-state index contributed by atoms with van der Waals surface area (Å²) in [5, 5.41) is 21.0. The molecule has 0 N–H and O–H groups in total. The molecule has 0 nitrogen and oxygen atoms in total. The molecule has 12 aromatic rings. The van der Waals surface area contributed by atoms with E-state index in [1.165, 1.54) is 185 Å². The number of hydrogen-bond acceptors (Lipinski definition) is 0. The topological polar surface area (TPSA) is 0 Å². The Morgan fingerprint density at radius 2 is 0.516 bits per heavy atom. The third-order valence-corrected chi connectivity index (χ3v) is 21.5. The predicted molar refractivity (Wildman–Crippen MR) is 412 cm³/mol. The fraction of sp³-hybridized carbons (Fsp3) is 0.326. The van der Waals surface area contributed by atoms with Crippen molar-refractivity contribution in [3.05, 3.63) is 268 Å². The smallest absolute Gasteiger partial charge is 0.000740 e. The number of fused-ring (bicyclic) bond motifs is 5. The molecular formula is C95H100. The lowest BCUT2D eigenvalue weighted by Crippen LogP contribution is -2.16. The zero-order chi connectivity index (χ0) is 67.9. The van der Waals surface area contributed by atoms with Crippen molar-refractivity contribution in [1.82, 2.24) is 0 Å². The van der Waals surface area contributed by atoms with Crippen molar-refractivity contribution >= 4 is 43.1 Å². The van der Waals surface area contributed by atoms with Gasteiger partial charge in [0.2, 0.25) is 0 Å². The molecule has 480 valence electrons. The van der Waals surface area contributed by atoms with E-state index >= 15 is 0 Å². The van der Waals surface area contributed by atoms with E-state index in [9.17, 15) is 0 Å². The molecule has 0 heteroatoms. The minimum absolute atomic E-state index is 0.0551. The Balaban J connectivity index is 1.24. The fourth-order valence-electron chi connectivity index (χ4n) is 15.6. The average molecular weight is 1240 g/mol. The van der Waals surface area contributed by atoms with Gasteiger partial charge in [-0.2, -0.15) is 0 Å². The summed E-state index contributed by atoms with van der Waals surface area (Å²) < 4.78 is 0. The molecule has 2 aliphatic carbocycles. The number of rotatable bonds is 6. The highest BCUT2D eigenvalue weighted by atomic mass is 14.3. The highest BCUT2D eigenvalue weighted by Crippen LogP contribution is 2.51. The van der Waals surface area contributed by atoms with Gasteiger partial charge in [-0.3, -0.25) is 0 Å². The maximum Gasteiger partial charge on any atom is -0.000740 e. The minimum Gasteiger partial charge on any atom is -0.0622 e. The molecule has 12 aromatic carbocycles. The summed E-state index contributed by atoms with van der Waals surface area (Å²) >= 11 is 0. The Labute approximate surface area is 566 Å². The Kier molecular flexibility index (Phi) is 14.6. The van der Waals surface area contributed by atoms with E-state index < -0.39 is 0 Å². The lowest BCUT2D eigenvalue weighted by molar-refractivity contribution is 0.568. The van der Waals surface area contributed by atoms with Crippen LogP contribution in [0.1, 0.15) is 210 Å². The molecule has 0 bridgehead atoms. The van der Waals surface area contributed by atoms with Crippen LogP contribution < -0.4 is 0 Å².